The van der Waals surface area contributed by atoms with Crippen molar-refractivity contribution in [2.24, 2.45) is 0 Å². The lowest BCUT2D eigenvalue weighted by molar-refractivity contribution is -0.111. The highest BCUT2D eigenvalue weighted by molar-refractivity contribution is 5.59. The minimum Gasteiger partial charge on any atom is -0.496 e. The third-order valence-corrected chi connectivity index (χ3v) is 5.29. The molecule has 2 unspecified atom stereocenters. The van der Waals surface area contributed by atoms with Crippen molar-refractivity contribution in [2.45, 2.75) is 32.5 Å². The zero-order valence-electron chi connectivity index (χ0n) is 16.4. The van der Waals surface area contributed by atoms with Gasteiger partial charge in [-0.3, -0.25) is 4.90 Å². The lowest BCUT2D eigenvalue weighted by Gasteiger charge is -2.28. The Kier molecular flexibility index (Phi) is 6.14. The van der Waals surface area contributed by atoms with Crippen LogP contribution in [0.5, 0.6) is 11.5 Å². The van der Waals surface area contributed by atoms with Gasteiger partial charge in [-0.05, 0) is 49.1 Å². The number of aldehydes is 1. The van der Waals surface area contributed by atoms with Crippen molar-refractivity contribution in [3.8, 4) is 11.5 Å². The van der Waals surface area contributed by atoms with Gasteiger partial charge in [-0.2, -0.15) is 0 Å². The minimum atomic E-state index is -0.379. The van der Waals surface area contributed by atoms with Gasteiger partial charge in [-0.15, -0.1) is 0 Å². The first-order valence-corrected chi connectivity index (χ1v) is 9.19. The average molecular weight is 369 g/mol. The maximum Gasteiger partial charge on any atom is 0.144 e. The van der Waals surface area contributed by atoms with E-state index < -0.39 is 0 Å². The number of benzene rings is 2. The monoisotopic (exact) mass is 369 g/mol. The molecule has 2 atom stereocenters. The van der Waals surface area contributed by atoms with Gasteiger partial charge in [0.2, 0.25) is 0 Å². The van der Waals surface area contributed by atoms with Crippen molar-refractivity contribution >= 4 is 6.29 Å². The second-order valence-corrected chi connectivity index (χ2v) is 6.82. The van der Waals surface area contributed by atoms with Crippen LogP contribution in [0, 0.1) is 13.8 Å². The molecule has 2 aromatic carbocycles. The molecule has 1 fully saturated rings. The predicted octanol–water partition coefficient (Wildman–Crippen LogP) is 3.46. The molecule has 0 saturated carbocycles. The number of hydrogen-bond donors (Lipinski definition) is 0. The third kappa shape index (κ3) is 3.84. The molecule has 3 rings (SSSR count). The Morgan fingerprint density at radius 2 is 1.67 bits per heavy atom. The Labute approximate surface area is 160 Å². The first kappa shape index (κ1) is 19.4. The standard InChI is InChI=1S/C22H27NO4/c1-15-7-5-8-16(2)18(15)11-12-23-17(13-24)14-27-22(23)21-19(25-3)9-6-10-20(21)26-4/h5-10,13,17,22H,11-12,14H2,1-4H3. The second-order valence-electron chi connectivity index (χ2n) is 6.82. The number of hydrogen-bond acceptors (Lipinski definition) is 5. The Hall–Kier alpha value is -2.37. The van der Waals surface area contributed by atoms with E-state index in [9.17, 15) is 4.79 Å². The normalized spacial score (nSPS) is 19.9. The highest BCUT2D eigenvalue weighted by Crippen LogP contribution is 2.41. The van der Waals surface area contributed by atoms with Gasteiger partial charge in [-0.25, -0.2) is 0 Å². The SMILES string of the molecule is COc1cccc(OC)c1C1OCC(C=O)N1CCc1c(C)cccc1C. The molecule has 0 bridgehead atoms. The van der Waals surface area contributed by atoms with Gasteiger partial charge in [-0.1, -0.05) is 24.3 Å². The molecule has 1 aliphatic heterocycles. The average Bonchev–Trinajstić information content (AvgIpc) is 3.09. The molecule has 1 heterocycles. The van der Waals surface area contributed by atoms with E-state index in [1.807, 2.05) is 18.2 Å². The van der Waals surface area contributed by atoms with Gasteiger partial charge in [0, 0.05) is 6.54 Å². The molecule has 0 amide bonds. The van der Waals surface area contributed by atoms with E-state index in [-0.39, 0.29) is 12.3 Å². The lowest BCUT2D eigenvalue weighted by Crippen LogP contribution is -2.36. The van der Waals surface area contributed by atoms with Gasteiger partial charge < -0.3 is 19.0 Å². The van der Waals surface area contributed by atoms with Crippen molar-refractivity contribution < 1.29 is 19.0 Å². The van der Waals surface area contributed by atoms with Crippen LogP contribution in [-0.4, -0.2) is 44.6 Å². The molecule has 5 nitrogen and oxygen atoms in total. The van der Waals surface area contributed by atoms with Gasteiger partial charge in [0.05, 0.1) is 32.4 Å². The predicted molar refractivity (Wildman–Crippen MR) is 104 cm³/mol. The summed E-state index contributed by atoms with van der Waals surface area (Å²) in [6, 6.07) is 11.7. The van der Waals surface area contributed by atoms with Crippen LogP contribution in [0.2, 0.25) is 0 Å². The van der Waals surface area contributed by atoms with Gasteiger partial charge in [0.1, 0.15) is 24.0 Å². The maximum atomic E-state index is 11.7. The highest BCUT2D eigenvalue weighted by Gasteiger charge is 2.38. The summed E-state index contributed by atoms with van der Waals surface area (Å²) in [5.41, 5.74) is 4.68. The largest absolute Gasteiger partial charge is 0.496 e. The minimum absolute atomic E-state index is 0.283. The summed E-state index contributed by atoms with van der Waals surface area (Å²) in [6.07, 6.45) is 1.43. The molecular weight excluding hydrogens is 342 g/mol. The van der Waals surface area contributed by atoms with Crippen LogP contribution < -0.4 is 9.47 Å². The van der Waals surface area contributed by atoms with Crippen molar-refractivity contribution in [1.29, 1.82) is 0 Å². The molecule has 27 heavy (non-hydrogen) atoms. The Bertz CT molecular complexity index is 762. The Morgan fingerprint density at radius 1 is 1.07 bits per heavy atom. The van der Waals surface area contributed by atoms with E-state index in [4.69, 9.17) is 14.2 Å². The summed E-state index contributed by atoms with van der Waals surface area (Å²) in [5, 5.41) is 0. The fourth-order valence-corrected chi connectivity index (χ4v) is 3.81. The fourth-order valence-electron chi connectivity index (χ4n) is 3.81. The smallest absolute Gasteiger partial charge is 0.144 e. The second kappa shape index (κ2) is 8.55. The number of aryl methyl sites for hydroxylation is 2. The van der Waals surface area contributed by atoms with Gasteiger partial charge in [0.25, 0.3) is 0 Å². The summed E-state index contributed by atoms with van der Waals surface area (Å²) >= 11 is 0. The van der Waals surface area contributed by atoms with Crippen LogP contribution in [-0.2, 0) is 16.0 Å². The summed E-state index contributed by atoms with van der Waals surface area (Å²) in [4.78, 5) is 13.8. The number of ether oxygens (including phenoxy) is 3. The third-order valence-electron chi connectivity index (χ3n) is 5.29. The molecule has 0 N–H and O–H groups in total. The summed E-state index contributed by atoms with van der Waals surface area (Å²) < 4.78 is 17.1. The van der Waals surface area contributed by atoms with E-state index in [0.717, 1.165) is 18.3 Å². The molecule has 144 valence electrons. The van der Waals surface area contributed by atoms with Crippen molar-refractivity contribution in [2.75, 3.05) is 27.4 Å². The van der Waals surface area contributed by atoms with E-state index in [2.05, 4.69) is 36.9 Å². The first-order chi connectivity index (χ1) is 13.1. The lowest BCUT2D eigenvalue weighted by atomic mass is 9.99. The van der Waals surface area contributed by atoms with Crippen LogP contribution in [0.1, 0.15) is 28.5 Å². The molecule has 2 aromatic rings. The zero-order valence-corrected chi connectivity index (χ0v) is 16.4. The summed E-state index contributed by atoms with van der Waals surface area (Å²) in [6.45, 7) is 5.32. The van der Waals surface area contributed by atoms with E-state index in [0.29, 0.717) is 24.7 Å². The van der Waals surface area contributed by atoms with Crippen LogP contribution in [0.3, 0.4) is 0 Å². The van der Waals surface area contributed by atoms with Crippen molar-refractivity contribution in [3.05, 3.63) is 58.7 Å². The van der Waals surface area contributed by atoms with E-state index in [1.54, 1.807) is 14.2 Å². The van der Waals surface area contributed by atoms with Crippen molar-refractivity contribution in [1.82, 2.24) is 4.90 Å². The van der Waals surface area contributed by atoms with Crippen LogP contribution >= 0.6 is 0 Å². The van der Waals surface area contributed by atoms with Crippen LogP contribution in [0.4, 0.5) is 0 Å². The van der Waals surface area contributed by atoms with Crippen molar-refractivity contribution in [3.63, 3.8) is 0 Å². The van der Waals surface area contributed by atoms with Crippen LogP contribution in [0.15, 0.2) is 36.4 Å². The quantitative estimate of drug-likeness (QED) is 0.700. The number of carbonyl (C=O) groups excluding carboxylic acids is 1. The Balaban J connectivity index is 1.91. The topological polar surface area (TPSA) is 48.0 Å². The fraction of sp³-hybridized carbons (Fsp3) is 0.409. The molecule has 1 saturated heterocycles. The summed E-state index contributed by atoms with van der Waals surface area (Å²) in [5.74, 6) is 1.39. The first-order valence-electron chi connectivity index (χ1n) is 9.19. The number of nitrogens with zero attached hydrogens (tertiary/aromatic N) is 1. The molecule has 0 aromatic heterocycles. The highest BCUT2D eigenvalue weighted by atomic mass is 16.5. The molecule has 0 radical (unpaired) electrons. The van der Waals surface area contributed by atoms with Gasteiger partial charge >= 0.3 is 0 Å². The Morgan fingerprint density at radius 3 is 2.22 bits per heavy atom. The number of methoxy groups -OCH3 is 2. The molecule has 0 aliphatic carbocycles. The van der Waals surface area contributed by atoms with Crippen LogP contribution in [0.25, 0.3) is 0 Å². The number of rotatable bonds is 7. The van der Waals surface area contributed by atoms with Gasteiger partial charge in [0.15, 0.2) is 0 Å². The molecule has 0 spiro atoms. The molecule has 5 heteroatoms. The summed E-state index contributed by atoms with van der Waals surface area (Å²) in [7, 11) is 3.26. The zero-order chi connectivity index (χ0) is 19.4. The number of carbonyl (C=O) groups is 1. The van der Waals surface area contributed by atoms with E-state index in [1.165, 1.54) is 16.7 Å². The molecular formula is C22H27NO4. The maximum absolute atomic E-state index is 11.7. The molecule has 1 aliphatic rings. The van der Waals surface area contributed by atoms with E-state index >= 15 is 0 Å².